The third-order valence-electron chi connectivity index (χ3n) is 6.79. The van der Waals surface area contributed by atoms with Crippen LogP contribution >= 0.6 is 0 Å². The molecule has 1 saturated carbocycles. The van der Waals surface area contributed by atoms with Gasteiger partial charge in [0.15, 0.2) is 11.6 Å². The lowest BCUT2D eigenvalue weighted by Gasteiger charge is -2.29. The van der Waals surface area contributed by atoms with Crippen molar-refractivity contribution < 1.29 is 26.7 Å². The Kier molecular flexibility index (Phi) is 6.60. The summed E-state index contributed by atoms with van der Waals surface area (Å²) in [5.41, 5.74) is -0.507. The summed E-state index contributed by atoms with van der Waals surface area (Å²) in [5.74, 6) is -0.703. The van der Waals surface area contributed by atoms with Crippen molar-refractivity contribution in [1.29, 1.82) is 0 Å². The number of nitrogens with zero attached hydrogens (tertiary/aromatic N) is 5. The highest BCUT2D eigenvalue weighted by Crippen LogP contribution is 2.38. The molecular weight excluding hydrogens is 483 g/mol. The van der Waals surface area contributed by atoms with Crippen LogP contribution in [0.25, 0.3) is 10.9 Å². The smallest absolute Gasteiger partial charge is 0.419 e. The van der Waals surface area contributed by atoms with E-state index in [1.165, 1.54) is 0 Å². The molecule has 1 aliphatic carbocycles. The van der Waals surface area contributed by atoms with Gasteiger partial charge in [-0.05, 0) is 45.1 Å². The Balaban J connectivity index is 1.35. The summed E-state index contributed by atoms with van der Waals surface area (Å²) in [5, 5.41) is 8.91. The van der Waals surface area contributed by atoms with Gasteiger partial charge in [0.05, 0.1) is 29.1 Å². The maximum Gasteiger partial charge on any atom is 0.419 e. The summed E-state index contributed by atoms with van der Waals surface area (Å²) in [6.07, 6.45) is -0.790. The molecule has 1 saturated heterocycles. The molecule has 12 heteroatoms. The number of hydrogen-bond donors (Lipinski definition) is 1. The van der Waals surface area contributed by atoms with Gasteiger partial charge in [-0.25, -0.2) is 18.7 Å². The van der Waals surface area contributed by atoms with Crippen LogP contribution in [0.2, 0.25) is 0 Å². The van der Waals surface area contributed by atoms with E-state index in [4.69, 9.17) is 9.84 Å². The summed E-state index contributed by atoms with van der Waals surface area (Å²) in [4.78, 5) is 10.1. The van der Waals surface area contributed by atoms with Crippen molar-refractivity contribution in [1.82, 2.24) is 19.7 Å². The van der Waals surface area contributed by atoms with Crippen LogP contribution in [0.5, 0.6) is 5.88 Å². The second kappa shape index (κ2) is 9.70. The number of nitrogens with one attached hydrogen (secondary N) is 1. The minimum absolute atomic E-state index is 0.000989. The molecule has 0 amide bonds. The van der Waals surface area contributed by atoms with E-state index in [1.54, 1.807) is 6.20 Å². The van der Waals surface area contributed by atoms with Gasteiger partial charge < -0.3 is 15.0 Å². The summed E-state index contributed by atoms with van der Waals surface area (Å²) in [6, 6.07) is 2.53. The average Bonchev–Trinajstić information content (AvgIpc) is 3.44. The normalized spacial score (nSPS) is 22.8. The molecule has 0 aromatic carbocycles. The first kappa shape index (κ1) is 24.5. The number of rotatable bonds is 6. The van der Waals surface area contributed by atoms with Crippen LogP contribution in [0.4, 0.5) is 33.6 Å². The first-order valence-electron chi connectivity index (χ1n) is 12.1. The van der Waals surface area contributed by atoms with Crippen LogP contribution in [0.1, 0.15) is 50.6 Å². The monoisotopic (exact) mass is 510 g/mol. The maximum absolute atomic E-state index is 14.4. The van der Waals surface area contributed by atoms with Crippen molar-refractivity contribution in [3.05, 3.63) is 35.9 Å². The van der Waals surface area contributed by atoms with Crippen molar-refractivity contribution in [2.45, 2.75) is 63.5 Å². The Hall–Kier alpha value is -3.18. The van der Waals surface area contributed by atoms with Crippen LogP contribution in [0, 0.1) is 5.82 Å². The molecular formula is C24H27F5N6O. The van der Waals surface area contributed by atoms with Crippen LogP contribution in [0.3, 0.4) is 0 Å². The molecule has 0 spiro atoms. The second-order valence-electron chi connectivity index (χ2n) is 9.24. The third kappa shape index (κ3) is 4.77. The highest BCUT2D eigenvalue weighted by atomic mass is 19.4. The Labute approximate surface area is 204 Å². The molecule has 1 N–H and O–H groups in total. The van der Waals surface area contributed by atoms with E-state index in [1.807, 2.05) is 22.6 Å². The van der Waals surface area contributed by atoms with E-state index in [-0.39, 0.29) is 12.6 Å². The van der Waals surface area contributed by atoms with E-state index >= 15 is 0 Å². The van der Waals surface area contributed by atoms with Gasteiger partial charge >= 0.3 is 6.18 Å². The van der Waals surface area contributed by atoms with Crippen molar-refractivity contribution in [3.63, 3.8) is 0 Å². The highest BCUT2D eigenvalue weighted by molar-refractivity contribution is 5.91. The van der Waals surface area contributed by atoms with Crippen LogP contribution in [-0.4, -0.2) is 51.7 Å². The number of ether oxygens (including phenoxy) is 1. The minimum Gasteiger partial charge on any atom is -0.472 e. The van der Waals surface area contributed by atoms with Gasteiger partial charge in [0.25, 0.3) is 5.88 Å². The molecule has 1 aliphatic heterocycles. The third-order valence-corrected chi connectivity index (χ3v) is 6.79. The Morgan fingerprint density at radius 3 is 2.58 bits per heavy atom. The molecule has 1 unspecified atom stereocenters. The first-order valence-corrected chi connectivity index (χ1v) is 12.1. The molecule has 2 aliphatic rings. The van der Waals surface area contributed by atoms with Crippen molar-refractivity contribution in [2.24, 2.45) is 0 Å². The van der Waals surface area contributed by atoms with Crippen LogP contribution < -0.4 is 15.0 Å². The zero-order valence-electron chi connectivity index (χ0n) is 19.7. The second-order valence-corrected chi connectivity index (χ2v) is 9.24. The molecule has 1 atom stereocenters. The van der Waals surface area contributed by atoms with Crippen molar-refractivity contribution in [2.75, 3.05) is 29.9 Å². The van der Waals surface area contributed by atoms with E-state index in [2.05, 4.69) is 15.3 Å². The summed E-state index contributed by atoms with van der Waals surface area (Å²) >= 11 is 0. The number of pyridine rings is 2. The molecule has 7 nitrogen and oxygen atoms in total. The standard InChI is InChI=1S/C24H27F5N6O/c1-2-30-20-11-19-17(12-32-20)22(34-10-8-14(25)13-34)33-35(19)15-3-5-16(6-4-15)36-23-21(26)18(7-9-31-23)24(27,28)29/h7,9,11-12,14-16H,2-6,8,10,13H2,1H3,(H,30,32). The quantitative estimate of drug-likeness (QED) is 0.440. The number of fused-ring (bicyclic) bond motifs is 1. The molecule has 3 aromatic rings. The first-order chi connectivity index (χ1) is 17.2. The summed E-state index contributed by atoms with van der Waals surface area (Å²) in [6.45, 7) is 3.55. The topological polar surface area (TPSA) is 68.1 Å². The van der Waals surface area contributed by atoms with Gasteiger partial charge in [-0.15, -0.1) is 0 Å². The molecule has 36 heavy (non-hydrogen) atoms. The lowest BCUT2D eigenvalue weighted by Crippen LogP contribution is -2.27. The van der Waals surface area contributed by atoms with Gasteiger partial charge in [-0.3, -0.25) is 4.68 Å². The molecule has 3 aromatic heterocycles. The fraction of sp³-hybridized carbons (Fsp3) is 0.542. The van der Waals surface area contributed by atoms with Crippen LogP contribution in [0.15, 0.2) is 24.5 Å². The molecule has 0 bridgehead atoms. The van der Waals surface area contributed by atoms with E-state index in [9.17, 15) is 22.0 Å². The lowest BCUT2D eigenvalue weighted by molar-refractivity contribution is -0.140. The van der Waals surface area contributed by atoms with E-state index < -0.39 is 35.7 Å². The minimum atomic E-state index is -4.82. The van der Waals surface area contributed by atoms with Gasteiger partial charge in [-0.2, -0.15) is 18.3 Å². The fourth-order valence-electron chi connectivity index (χ4n) is 5.01. The fourth-order valence-corrected chi connectivity index (χ4v) is 5.01. The highest BCUT2D eigenvalue weighted by Gasteiger charge is 2.37. The average molecular weight is 511 g/mol. The number of anilines is 2. The SMILES string of the molecule is CCNc1cc2c(cn1)c(N1CCC(F)C1)nn2C1CCC(Oc2nccc(C(F)(F)F)c2F)CC1. The van der Waals surface area contributed by atoms with Gasteiger partial charge in [0, 0.05) is 31.5 Å². The predicted molar refractivity (Wildman–Crippen MR) is 125 cm³/mol. The van der Waals surface area contributed by atoms with Crippen LogP contribution in [-0.2, 0) is 6.18 Å². The number of halogens is 5. The Bertz CT molecular complexity index is 1220. The molecule has 2 fully saturated rings. The summed E-state index contributed by atoms with van der Waals surface area (Å²) < 4.78 is 74.8. The predicted octanol–water partition coefficient (Wildman–Crippen LogP) is 5.53. The molecule has 4 heterocycles. The Morgan fingerprint density at radius 2 is 1.92 bits per heavy atom. The van der Waals surface area contributed by atoms with Crippen molar-refractivity contribution in [3.8, 4) is 5.88 Å². The van der Waals surface area contributed by atoms with Gasteiger partial charge in [-0.1, -0.05) is 0 Å². The number of alkyl halides is 4. The van der Waals surface area contributed by atoms with E-state index in [0.717, 1.165) is 17.1 Å². The lowest BCUT2D eigenvalue weighted by atomic mass is 9.93. The van der Waals surface area contributed by atoms with E-state index in [0.29, 0.717) is 62.9 Å². The van der Waals surface area contributed by atoms with Crippen molar-refractivity contribution >= 4 is 22.5 Å². The van der Waals surface area contributed by atoms with Gasteiger partial charge in [0.1, 0.15) is 18.1 Å². The number of aromatic nitrogens is 4. The largest absolute Gasteiger partial charge is 0.472 e. The molecule has 5 rings (SSSR count). The zero-order chi connectivity index (χ0) is 25.4. The molecule has 0 radical (unpaired) electrons. The number of hydrogen-bond acceptors (Lipinski definition) is 6. The zero-order valence-corrected chi connectivity index (χ0v) is 19.7. The van der Waals surface area contributed by atoms with Gasteiger partial charge in [0.2, 0.25) is 0 Å². The Morgan fingerprint density at radius 1 is 1.14 bits per heavy atom. The maximum atomic E-state index is 14.4. The summed E-state index contributed by atoms with van der Waals surface area (Å²) in [7, 11) is 0. The molecule has 194 valence electrons.